The summed E-state index contributed by atoms with van der Waals surface area (Å²) >= 11 is 0. The van der Waals surface area contributed by atoms with Gasteiger partial charge in [-0.3, -0.25) is 0 Å². The maximum atomic E-state index is 3.83. The van der Waals surface area contributed by atoms with Gasteiger partial charge in [-0.2, -0.15) is 0 Å². The van der Waals surface area contributed by atoms with Crippen LogP contribution in [0, 0.1) is 5.92 Å². The van der Waals surface area contributed by atoms with Crippen LogP contribution in [0.25, 0.3) is 0 Å². The molecule has 0 bridgehead atoms. The zero-order valence-corrected chi connectivity index (χ0v) is 14.8. The molecule has 1 N–H and O–H groups in total. The molecule has 0 aliphatic rings. The van der Waals surface area contributed by atoms with Crippen molar-refractivity contribution in [2.75, 3.05) is 6.54 Å². The first-order valence-electron chi connectivity index (χ1n) is 9.53. The lowest BCUT2D eigenvalue weighted by atomic mass is 9.88. The summed E-state index contributed by atoms with van der Waals surface area (Å²) in [7, 11) is 0. The average molecular weight is 284 g/mol. The van der Waals surface area contributed by atoms with Gasteiger partial charge in [0.15, 0.2) is 0 Å². The highest BCUT2D eigenvalue weighted by atomic mass is 14.9. The summed E-state index contributed by atoms with van der Waals surface area (Å²) in [4.78, 5) is 0. The van der Waals surface area contributed by atoms with Crippen molar-refractivity contribution in [3.63, 3.8) is 0 Å². The summed E-state index contributed by atoms with van der Waals surface area (Å²) in [6.07, 6.45) is 16.7. The van der Waals surface area contributed by atoms with E-state index in [0.29, 0.717) is 0 Å². The molecule has 0 amide bonds. The molecule has 0 heterocycles. The summed E-state index contributed by atoms with van der Waals surface area (Å²) in [5.74, 6) is 0.900. The lowest BCUT2D eigenvalue weighted by Crippen LogP contribution is -2.36. The highest BCUT2D eigenvalue weighted by Gasteiger charge is 2.18. The molecule has 0 aliphatic heterocycles. The van der Waals surface area contributed by atoms with Crippen LogP contribution in [0.2, 0.25) is 0 Å². The van der Waals surface area contributed by atoms with Crippen LogP contribution in [0.5, 0.6) is 0 Å². The molecule has 122 valence electrons. The summed E-state index contributed by atoms with van der Waals surface area (Å²) in [6.45, 7) is 10.5. The Hall–Kier alpha value is -0.0400. The molecule has 2 unspecified atom stereocenters. The first-order valence-corrected chi connectivity index (χ1v) is 9.53. The number of hydrogen-bond acceptors (Lipinski definition) is 1. The number of nitrogens with one attached hydrogen (secondary N) is 1. The third-order valence-corrected chi connectivity index (χ3v) is 4.55. The van der Waals surface area contributed by atoms with E-state index in [1.807, 2.05) is 0 Å². The Kier molecular flexibility index (Phi) is 15.3. The Morgan fingerprint density at radius 1 is 0.650 bits per heavy atom. The second kappa shape index (κ2) is 15.4. The molecule has 1 nitrogen and oxygen atoms in total. The summed E-state index contributed by atoms with van der Waals surface area (Å²) in [5.41, 5.74) is 0. The quantitative estimate of drug-likeness (QED) is 0.347. The van der Waals surface area contributed by atoms with Crippen LogP contribution in [-0.2, 0) is 0 Å². The fourth-order valence-corrected chi connectivity index (χ4v) is 3.13. The molecule has 0 saturated heterocycles. The Balaban J connectivity index is 3.97. The lowest BCUT2D eigenvalue weighted by Gasteiger charge is -2.27. The predicted octanol–water partition coefficient (Wildman–Crippen LogP) is 6.32. The van der Waals surface area contributed by atoms with E-state index in [9.17, 15) is 0 Å². The first kappa shape index (κ1) is 20.0. The zero-order chi connectivity index (χ0) is 15.1. The lowest BCUT2D eigenvalue weighted by molar-refractivity contribution is 0.296. The largest absolute Gasteiger partial charge is 0.314 e. The molecule has 0 aromatic carbocycles. The molecular weight excluding hydrogens is 242 g/mol. The Morgan fingerprint density at radius 2 is 1.30 bits per heavy atom. The van der Waals surface area contributed by atoms with Crippen LogP contribution in [0.1, 0.15) is 105 Å². The molecule has 0 saturated carbocycles. The summed E-state index contributed by atoms with van der Waals surface area (Å²) < 4.78 is 0. The smallest absolute Gasteiger partial charge is 0.00952 e. The second-order valence-electron chi connectivity index (χ2n) is 6.43. The summed E-state index contributed by atoms with van der Waals surface area (Å²) in [5, 5.41) is 3.83. The number of rotatable bonds is 15. The van der Waals surface area contributed by atoms with Crippen LogP contribution in [0.15, 0.2) is 0 Å². The van der Waals surface area contributed by atoms with E-state index in [1.54, 1.807) is 0 Å². The van der Waals surface area contributed by atoms with Gasteiger partial charge in [-0.1, -0.05) is 85.5 Å². The van der Waals surface area contributed by atoms with E-state index in [-0.39, 0.29) is 0 Å². The van der Waals surface area contributed by atoms with Crippen LogP contribution in [-0.4, -0.2) is 12.6 Å². The van der Waals surface area contributed by atoms with Crippen molar-refractivity contribution in [1.82, 2.24) is 5.32 Å². The van der Waals surface area contributed by atoms with E-state index in [0.717, 1.165) is 12.0 Å². The fraction of sp³-hybridized carbons (Fsp3) is 1.00. The van der Waals surface area contributed by atoms with Crippen molar-refractivity contribution in [3.05, 3.63) is 0 Å². The van der Waals surface area contributed by atoms with Crippen LogP contribution >= 0.6 is 0 Å². The van der Waals surface area contributed by atoms with Crippen LogP contribution in [0.3, 0.4) is 0 Å². The highest BCUT2D eigenvalue weighted by Crippen LogP contribution is 2.21. The van der Waals surface area contributed by atoms with Crippen molar-refractivity contribution >= 4 is 0 Å². The average Bonchev–Trinajstić information content (AvgIpc) is 2.47. The monoisotopic (exact) mass is 283 g/mol. The van der Waals surface area contributed by atoms with Gasteiger partial charge >= 0.3 is 0 Å². The van der Waals surface area contributed by atoms with Gasteiger partial charge in [0, 0.05) is 6.04 Å². The van der Waals surface area contributed by atoms with Gasteiger partial charge < -0.3 is 5.32 Å². The molecule has 0 spiro atoms. The van der Waals surface area contributed by atoms with Gasteiger partial charge in [-0.15, -0.1) is 0 Å². The first-order chi connectivity index (χ1) is 9.79. The van der Waals surface area contributed by atoms with Gasteiger partial charge in [-0.05, 0) is 31.7 Å². The predicted molar refractivity (Wildman–Crippen MR) is 93.4 cm³/mol. The highest BCUT2D eigenvalue weighted by molar-refractivity contribution is 4.75. The van der Waals surface area contributed by atoms with Crippen molar-refractivity contribution in [3.8, 4) is 0 Å². The normalized spacial score (nSPS) is 14.4. The summed E-state index contributed by atoms with van der Waals surface area (Å²) in [6, 6.07) is 0.776. The molecule has 0 rings (SSSR count). The number of unbranched alkanes of at least 4 members (excludes halogenated alkanes) is 6. The maximum Gasteiger partial charge on any atom is 0.00952 e. The van der Waals surface area contributed by atoms with Gasteiger partial charge in [0.1, 0.15) is 0 Å². The maximum absolute atomic E-state index is 3.83. The van der Waals surface area contributed by atoms with E-state index < -0.39 is 0 Å². The zero-order valence-electron chi connectivity index (χ0n) is 14.8. The third-order valence-electron chi connectivity index (χ3n) is 4.55. The van der Waals surface area contributed by atoms with Gasteiger partial charge in [-0.25, -0.2) is 0 Å². The van der Waals surface area contributed by atoms with Crippen molar-refractivity contribution in [1.29, 1.82) is 0 Å². The minimum absolute atomic E-state index is 0.776. The van der Waals surface area contributed by atoms with Crippen molar-refractivity contribution in [2.45, 2.75) is 111 Å². The minimum Gasteiger partial charge on any atom is -0.314 e. The minimum atomic E-state index is 0.776. The topological polar surface area (TPSA) is 12.0 Å². The molecule has 0 aromatic heterocycles. The van der Waals surface area contributed by atoms with Crippen molar-refractivity contribution < 1.29 is 0 Å². The van der Waals surface area contributed by atoms with Crippen LogP contribution < -0.4 is 5.32 Å². The molecular formula is C19H41N. The SMILES string of the molecule is CCCCCCCCC(NCCC)C(CC)CCCC. The molecule has 1 heteroatoms. The standard InChI is InChI=1S/C19H41N/c1-5-9-11-12-13-14-16-19(20-17-7-3)18(8-4)15-10-6-2/h18-20H,5-17H2,1-4H3. The van der Waals surface area contributed by atoms with E-state index >= 15 is 0 Å². The number of hydrogen-bond donors (Lipinski definition) is 1. The Morgan fingerprint density at radius 3 is 1.90 bits per heavy atom. The Labute approximate surface area is 129 Å². The third kappa shape index (κ3) is 10.7. The molecule has 20 heavy (non-hydrogen) atoms. The van der Waals surface area contributed by atoms with Crippen LogP contribution in [0.4, 0.5) is 0 Å². The van der Waals surface area contributed by atoms with Gasteiger partial charge in [0.2, 0.25) is 0 Å². The fourth-order valence-electron chi connectivity index (χ4n) is 3.13. The molecule has 0 radical (unpaired) electrons. The molecule has 0 fully saturated rings. The van der Waals surface area contributed by atoms with Gasteiger partial charge in [0.25, 0.3) is 0 Å². The molecule has 0 aliphatic carbocycles. The molecule has 2 atom stereocenters. The second-order valence-corrected chi connectivity index (χ2v) is 6.43. The van der Waals surface area contributed by atoms with Crippen molar-refractivity contribution in [2.24, 2.45) is 5.92 Å². The van der Waals surface area contributed by atoms with E-state index in [2.05, 4.69) is 33.0 Å². The molecule has 0 aromatic rings. The van der Waals surface area contributed by atoms with E-state index in [1.165, 1.54) is 83.6 Å². The van der Waals surface area contributed by atoms with Gasteiger partial charge in [0.05, 0.1) is 0 Å². The van der Waals surface area contributed by atoms with E-state index in [4.69, 9.17) is 0 Å². The Bertz CT molecular complexity index is 179.